The summed E-state index contributed by atoms with van der Waals surface area (Å²) in [5.74, 6) is 1.20. The normalized spacial score (nSPS) is 13.8. The molecule has 1 heterocycles. The Morgan fingerprint density at radius 3 is 2.69 bits per heavy atom. The first-order valence-electron chi connectivity index (χ1n) is 9.26. The van der Waals surface area contributed by atoms with E-state index in [0.29, 0.717) is 31.2 Å². The van der Waals surface area contributed by atoms with Crippen molar-refractivity contribution in [2.45, 2.75) is 32.5 Å². The maximum Gasteiger partial charge on any atom is 0.387 e. The van der Waals surface area contributed by atoms with Gasteiger partial charge < -0.3 is 29.6 Å². The quantitative estimate of drug-likeness (QED) is 0.412. The topological polar surface area (TPSA) is 88.3 Å². The van der Waals surface area contributed by atoms with Crippen molar-refractivity contribution in [3.05, 3.63) is 47.9 Å². The van der Waals surface area contributed by atoms with E-state index in [4.69, 9.17) is 9.15 Å². The zero-order valence-corrected chi connectivity index (χ0v) is 16.7. The summed E-state index contributed by atoms with van der Waals surface area (Å²) < 4.78 is 39.9. The van der Waals surface area contributed by atoms with Crippen LogP contribution in [0.25, 0.3) is 0 Å². The Balaban J connectivity index is 1.97. The number of nitrogens with zero attached hydrogens (tertiary/aromatic N) is 1. The highest BCUT2D eigenvalue weighted by molar-refractivity contribution is 5.79. The van der Waals surface area contributed by atoms with Crippen LogP contribution < -0.4 is 20.1 Å². The Labute approximate surface area is 168 Å². The van der Waals surface area contributed by atoms with Crippen LogP contribution in [0.2, 0.25) is 0 Å². The van der Waals surface area contributed by atoms with Crippen LogP contribution >= 0.6 is 0 Å². The van der Waals surface area contributed by atoms with E-state index in [1.54, 1.807) is 31.2 Å². The molecule has 0 amide bonds. The van der Waals surface area contributed by atoms with Crippen molar-refractivity contribution in [1.29, 1.82) is 0 Å². The molecule has 1 unspecified atom stereocenters. The number of guanidine groups is 1. The van der Waals surface area contributed by atoms with E-state index in [-0.39, 0.29) is 18.0 Å². The number of benzene rings is 1. The Morgan fingerprint density at radius 2 is 2.07 bits per heavy atom. The summed E-state index contributed by atoms with van der Waals surface area (Å²) in [4.78, 5) is 4.40. The molecule has 0 bridgehead atoms. The van der Waals surface area contributed by atoms with Crippen molar-refractivity contribution in [2.75, 3.05) is 26.7 Å². The number of alkyl halides is 2. The molecule has 7 nitrogen and oxygen atoms in total. The Morgan fingerprint density at radius 1 is 1.28 bits per heavy atom. The molecule has 1 atom stereocenters. The first kappa shape index (κ1) is 22.5. The average Bonchev–Trinajstić information content (AvgIpc) is 3.22. The number of rotatable bonds is 10. The lowest BCUT2D eigenvalue weighted by Crippen LogP contribution is -2.39. The van der Waals surface area contributed by atoms with Gasteiger partial charge in [-0.25, -0.2) is 4.99 Å². The predicted molar refractivity (Wildman–Crippen MR) is 106 cm³/mol. The van der Waals surface area contributed by atoms with Crippen LogP contribution in [0.4, 0.5) is 8.78 Å². The first-order chi connectivity index (χ1) is 13.9. The second kappa shape index (κ2) is 10.7. The zero-order chi connectivity index (χ0) is 21.3. The number of hydrogen-bond donors (Lipinski definition) is 3. The fraction of sp³-hybridized carbons (Fsp3) is 0.450. The molecule has 0 spiro atoms. The number of hydrogen-bond acceptors (Lipinski definition) is 5. The van der Waals surface area contributed by atoms with Gasteiger partial charge in [-0.15, -0.1) is 0 Å². The number of halogens is 2. The molecule has 1 aromatic heterocycles. The Kier molecular flexibility index (Phi) is 8.26. The maximum absolute atomic E-state index is 12.6. The molecular formula is C20H27F2N3O4. The van der Waals surface area contributed by atoms with E-state index in [1.165, 1.54) is 19.4 Å². The smallest absolute Gasteiger partial charge is 0.387 e. The highest BCUT2D eigenvalue weighted by atomic mass is 19.3. The van der Waals surface area contributed by atoms with Crippen molar-refractivity contribution in [3.8, 4) is 11.5 Å². The fourth-order valence-electron chi connectivity index (χ4n) is 2.63. The first-order valence-corrected chi connectivity index (χ1v) is 9.26. The fourth-order valence-corrected chi connectivity index (χ4v) is 2.63. The third-order valence-electron chi connectivity index (χ3n) is 4.09. The van der Waals surface area contributed by atoms with Crippen molar-refractivity contribution in [1.82, 2.24) is 10.6 Å². The predicted octanol–water partition coefficient (Wildman–Crippen LogP) is 2.89. The van der Waals surface area contributed by atoms with E-state index in [9.17, 15) is 13.9 Å². The van der Waals surface area contributed by atoms with Gasteiger partial charge in [0, 0.05) is 13.1 Å². The van der Waals surface area contributed by atoms with E-state index in [2.05, 4.69) is 20.4 Å². The number of ether oxygens (including phenoxy) is 2. The van der Waals surface area contributed by atoms with Gasteiger partial charge in [0.25, 0.3) is 0 Å². The van der Waals surface area contributed by atoms with Gasteiger partial charge in [-0.05, 0) is 50.1 Å². The number of aliphatic imine (C=N–C) groups is 1. The van der Waals surface area contributed by atoms with Gasteiger partial charge in [-0.1, -0.05) is 6.07 Å². The van der Waals surface area contributed by atoms with Gasteiger partial charge >= 0.3 is 6.61 Å². The molecule has 0 saturated carbocycles. The van der Waals surface area contributed by atoms with Crippen LogP contribution in [-0.2, 0) is 12.0 Å². The molecule has 0 aliphatic carbocycles. The monoisotopic (exact) mass is 411 g/mol. The van der Waals surface area contributed by atoms with E-state index < -0.39 is 12.2 Å². The van der Waals surface area contributed by atoms with Gasteiger partial charge in [0.15, 0.2) is 17.5 Å². The van der Waals surface area contributed by atoms with Crippen LogP contribution in [0.1, 0.15) is 25.2 Å². The van der Waals surface area contributed by atoms with Crippen LogP contribution in [0.5, 0.6) is 11.5 Å². The van der Waals surface area contributed by atoms with E-state index in [0.717, 1.165) is 5.56 Å². The molecule has 0 aliphatic rings. The third kappa shape index (κ3) is 6.94. The van der Waals surface area contributed by atoms with Crippen molar-refractivity contribution in [3.63, 3.8) is 0 Å². The molecule has 2 rings (SSSR count). The van der Waals surface area contributed by atoms with E-state index in [1.807, 2.05) is 6.92 Å². The summed E-state index contributed by atoms with van der Waals surface area (Å²) in [5.41, 5.74) is -0.434. The maximum atomic E-state index is 12.6. The lowest BCUT2D eigenvalue weighted by Gasteiger charge is -2.19. The lowest BCUT2D eigenvalue weighted by molar-refractivity contribution is -0.0512. The number of aliphatic hydroxyl groups is 1. The SMILES string of the molecule is CCNC(=NCC(C)(O)c1ccco1)NCCc1ccc(OC)c(OC(F)F)c1. The van der Waals surface area contributed by atoms with Crippen LogP contribution in [-0.4, -0.2) is 44.4 Å². The molecule has 9 heteroatoms. The van der Waals surface area contributed by atoms with Crippen molar-refractivity contribution >= 4 is 5.96 Å². The molecule has 3 N–H and O–H groups in total. The van der Waals surface area contributed by atoms with Crippen LogP contribution in [0, 0.1) is 0 Å². The summed E-state index contributed by atoms with van der Waals surface area (Å²) in [6.07, 6.45) is 2.04. The highest BCUT2D eigenvalue weighted by Crippen LogP contribution is 2.29. The van der Waals surface area contributed by atoms with Gasteiger partial charge in [-0.3, -0.25) is 0 Å². The van der Waals surface area contributed by atoms with Gasteiger partial charge in [0.1, 0.15) is 11.4 Å². The summed E-state index contributed by atoms with van der Waals surface area (Å²) in [6, 6.07) is 8.30. The molecule has 0 fully saturated rings. The number of methoxy groups -OCH3 is 1. The summed E-state index contributed by atoms with van der Waals surface area (Å²) in [5, 5.41) is 16.8. The second-order valence-corrected chi connectivity index (χ2v) is 6.49. The zero-order valence-electron chi connectivity index (χ0n) is 16.7. The molecule has 0 radical (unpaired) electrons. The van der Waals surface area contributed by atoms with Crippen LogP contribution in [0.15, 0.2) is 46.0 Å². The minimum Gasteiger partial charge on any atom is -0.493 e. The molecule has 160 valence electrons. The molecule has 0 saturated heterocycles. The van der Waals surface area contributed by atoms with Gasteiger partial charge in [0.05, 0.1) is 19.9 Å². The summed E-state index contributed by atoms with van der Waals surface area (Å²) in [7, 11) is 1.39. The third-order valence-corrected chi connectivity index (χ3v) is 4.09. The van der Waals surface area contributed by atoms with E-state index >= 15 is 0 Å². The van der Waals surface area contributed by atoms with Crippen LogP contribution in [0.3, 0.4) is 0 Å². The molecule has 1 aromatic carbocycles. The van der Waals surface area contributed by atoms with Crippen molar-refractivity contribution in [2.24, 2.45) is 4.99 Å². The van der Waals surface area contributed by atoms with Crippen molar-refractivity contribution < 1.29 is 27.8 Å². The number of nitrogens with one attached hydrogen (secondary N) is 2. The minimum absolute atomic E-state index is 0.00457. The summed E-state index contributed by atoms with van der Waals surface area (Å²) in [6.45, 7) is 1.87. The standard InChI is InChI=1S/C20H27F2N3O4/c1-4-23-19(25-13-20(2,26)17-6-5-11-28-17)24-10-9-14-7-8-15(27-3)16(12-14)29-18(21)22/h5-8,11-12,18,26H,4,9-10,13H2,1-3H3,(H2,23,24,25). The molecule has 0 aliphatic heterocycles. The highest BCUT2D eigenvalue weighted by Gasteiger charge is 2.26. The largest absolute Gasteiger partial charge is 0.493 e. The molecule has 2 aromatic rings. The second-order valence-electron chi connectivity index (χ2n) is 6.49. The van der Waals surface area contributed by atoms with Gasteiger partial charge in [-0.2, -0.15) is 8.78 Å². The number of furan rings is 1. The Hall–Kier alpha value is -2.81. The summed E-state index contributed by atoms with van der Waals surface area (Å²) >= 11 is 0. The average molecular weight is 411 g/mol. The lowest BCUT2D eigenvalue weighted by atomic mass is 10.0. The molecular weight excluding hydrogens is 384 g/mol. The minimum atomic E-state index is -2.92. The molecule has 29 heavy (non-hydrogen) atoms. The van der Waals surface area contributed by atoms with Gasteiger partial charge in [0.2, 0.25) is 0 Å². The Bertz CT molecular complexity index is 780.